The Morgan fingerprint density at radius 2 is 2.12 bits per heavy atom. The quantitative estimate of drug-likeness (QED) is 0.774. The van der Waals surface area contributed by atoms with E-state index in [1.54, 1.807) is 0 Å². The maximum Gasteiger partial charge on any atom is 0.419 e. The zero-order valence-electron chi connectivity index (χ0n) is 18.5. The van der Waals surface area contributed by atoms with Gasteiger partial charge in [-0.1, -0.05) is 6.92 Å². The topological polar surface area (TPSA) is 69.2 Å². The summed E-state index contributed by atoms with van der Waals surface area (Å²) in [6.45, 7) is 6.88. The molecule has 6 nitrogen and oxygen atoms in total. The van der Waals surface area contributed by atoms with Crippen LogP contribution in [0.3, 0.4) is 0 Å². The number of aromatic nitrogens is 3. The fourth-order valence-electron chi connectivity index (χ4n) is 6.88. The van der Waals surface area contributed by atoms with E-state index in [9.17, 15) is 13.2 Å². The first-order valence-corrected chi connectivity index (χ1v) is 11.4. The van der Waals surface area contributed by atoms with E-state index >= 15 is 0 Å². The van der Waals surface area contributed by atoms with Gasteiger partial charge in [0.15, 0.2) is 0 Å². The largest absolute Gasteiger partial charge is 0.419 e. The van der Waals surface area contributed by atoms with E-state index in [1.807, 2.05) is 6.07 Å². The average Bonchev–Trinajstić information content (AvgIpc) is 3.38. The molecule has 0 amide bonds. The third-order valence-electron chi connectivity index (χ3n) is 8.49. The Hall–Kier alpha value is -2.13. The van der Waals surface area contributed by atoms with E-state index in [0.29, 0.717) is 29.0 Å². The van der Waals surface area contributed by atoms with Gasteiger partial charge in [-0.25, -0.2) is 4.98 Å². The summed E-state index contributed by atoms with van der Waals surface area (Å²) in [5.41, 5.74) is 6.60. The molecule has 4 aliphatic carbocycles. The van der Waals surface area contributed by atoms with Gasteiger partial charge in [0.2, 0.25) is 0 Å². The number of nitrogens with two attached hydrogens (primary N) is 1. The lowest BCUT2D eigenvalue weighted by Gasteiger charge is -2.39. The third kappa shape index (κ3) is 2.49. The second kappa shape index (κ2) is 6.26. The minimum Gasteiger partial charge on any atom is -0.383 e. The monoisotopic (exact) mass is 447 g/mol. The summed E-state index contributed by atoms with van der Waals surface area (Å²) in [7, 11) is 2.15. The number of hydrogen-bond donors (Lipinski definition) is 1. The number of nitrogens with zero attached hydrogens (tertiary/aromatic N) is 4. The average molecular weight is 448 g/mol. The highest BCUT2D eigenvalue weighted by atomic mass is 19.4. The number of nitrogen functional groups attached to an aromatic ring is 1. The van der Waals surface area contributed by atoms with Crippen LogP contribution in [0.15, 0.2) is 18.3 Å². The number of ether oxygens (including phenoxy) is 1. The first-order valence-electron chi connectivity index (χ1n) is 11.4. The highest BCUT2D eigenvalue weighted by molar-refractivity contribution is 5.65. The lowest BCUT2D eigenvalue weighted by molar-refractivity contribution is -0.137. The van der Waals surface area contributed by atoms with E-state index in [-0.39, 0.29) is 17.1 Å². The summed E-state index contributed by atoms with van der Waals surface area (Å²) in [4.78, 5) is 6.17. The van der Waals surface area contributed by atoms with Crippen LogP contribution in [-0.4, -0.2) is 52.0 Å². The summed E-state index contributed by atoms with van der Waals surface area (Å²) in [5, 5.41) is 4.80. The molecular weight excluding hydrogens is 419 g/mol. The summed E-state index contributed by atoms with van der Waals surface area (Å²) < 4.78 is 48.6. The Balaban J connectivity index is 1.40. The second-order valence-electron chi connectivity index (χ2n) is 10.2. The van der Waals surface area contributed by atoms with Gasteiger partial charge in [0, 0.05) is 47.9 Å². The van der Waals surface area contributed by atoms with Crippen LogP contribution in [-0.2, 0) is 16.3 Å². The standard InChI is InChI=1S/C23H28F3N5O/c1-4-12(2)31-17(8-16(29-31)13-7-14(23(24,25)26)20(27)28-10-13)22-15-9-21(19(22)18(15)22)11-30(3)5-6-32-21/h7-8,10,12,15,18-19H,4-6,9,11H2,1-3H3,(H2,27,28). The van der Waals surface area contributed by atoms with Gasteiger partial charge in [0.25, 0.3) is 0 Å². The summed E-state index contributed by atoms with van der Waals surface area (Å²) in [5.74, 6) is 1.16. The van der Waals surface area contributed by atoms with Gasteiger partial charge in [-0.05, 0) is 50.8 Å². The number of rotatable bonds is 4. The summed E-state index contributed by atoms with van der Waals surface area (Å²) in [6, 6.07) is 3.22. The molecule has 2 aromatic rings. The predicted octanol–water partition coefficient (Wildman–Crippen LogP) is 3.74. The molecule has 5 fully saturated rings. The number of halogens is 3. The maximum absolute atomic E-state index is 13.4. The first kappa shape index (κ1) is 20.5. The zero-order chi connectivity index (χ0) is 22.6. The molecule has 1 spiro atoms. The van der Waals surface area contributed by atoms with E-state index in [0.717, 1.165) is 44.3 Å². The van der Waals surface area contributed by atoms with Gasteiger partial charge < -0.3 is 15.4 Å². The molecule has 32 heavy (non-hydrogen) atoms. The predicted molar refractivity (Wildman–Crippen MR) is 113 cm³/mol. The smallest absolute Gasteiger partial charge is 0.383 e. The molecule has 3 heterocycles. The molecule has 6 unspecified atom stereocenters. The van der Waals surface area contributed by atoms with Crippen LogP contribution in [0.5, 0.6) is 0 Å². The molecule has 9 heteroatoms. The minimum atomic E-state index is -4.55. The van der Waals surface area contributed by atoms with Crippen molar-refractivity contribution in [3.63, 3.8) is 0 Å². The van der Waals surface area contributed by atoms with E-state index in [4.69, 9.17) is 15.6 Å². The Kier molecular flexibility index (Phi) is 4.00. The Bertz CT molecular complexity index is 1090. The normalized spacial score (nSPS) is 36.4. The van der Waals surface area contributed by atoms with Gasteiger partial charge in [-0.15, -0.1) is 0 Å². The number of morpholine rings is 1. The van der Waals surface area contributed by atoms with Crippen molar-refractivity contribution in [3.05, 3.63) is 29.6 Å². The molecule has 2 aromatic heterocycles. The molecule has 2 bridgehead atoms. The molecule has 2 N–H and O–H groups in total. The van der Waals surface area contributed by atoms with Gasteiger partial charge >= 0.3 is 6.18 Å². The minimum absolute atomic E-state index is 0.0704. The SMILES string of the molecule is CCC(C)n1nc(-c2cnc(N)c(C(F)(F)F)c2)cc1C12C3CC4(CN(C)CCO4)C1C32. The van der Waals surface area contributed by atoms with E-state index in [2.05, 4.69) is 35.5 Å². The van der Waals surface area contributed by atoms with Crippen molar-refractivity contribution in [1.29, 1.82) is 0 Å². The number of hydrogen-bond acceptors (Lipinski definition) is 5. The molecule has 7 rings (SSSR count). The molecule has 1 aliphatic heterocycles. The fourth-order valence-corrected chi connectivity index (χ4v) is 6.88. The Labute approximate surface area is 184 Å². The van der Waals surface area contributed by atoms with E-state index in [1.165, 1.54) is 6.20 Å². The van der Waals surface area contributed by atoms with Gasteiger partial charge in [0.1, 0.15) is 5.82 Å². The van der Waals surface area contributed by atoms with Gasteiger partial charge in [-0.2, -0.15) is 18.3 Å². The highest BCUT2D eigenvalue weighted by Gasteiger charge is 2.97. The highest BCUT2D eigenvalue weighted by Crippen LogP contribution is 2.94. The van der Waals surface area contributed by atoms with Crippen LogP contribution in [0, 0.1) is 17.8 Å². The Morgan fingerprint density at radius 1 is 1.34 bits per heavy atom. The molecule has 4 saturated carbocycles. The van der Waals surface area contributed by atoms with Crippen molar-refractivity contribution in [2.45, 2.75) is 49.9 Å². The molecule has 1 saturated heterocycles. The fraction of sp³-hybridized carbons (Fsp3) is 0.652. The van der Waals surface area contributed by atoms with Crippen molar-refractivity contribution >= 4 is 5.82 Å². The number of alkyl halides is 3. The van der Waals surface area contributed by atoms with Crippen molar-refractivity contribution in [2.75, 3.05) is 32.5 Å². The van der Waals surface area contributed by atoms with E-state index < -0.39 is 17.6 Å². The van der Waals surface area contributed by atoms with Crippen LogP contribution < -0.4 is 5.73 Å². The van der Waals surface area contributed by atoms with Crippen LogP contribution in [0.25, 0.3) is 11.3 Å². The van der Waals surface area contributed by atoms with Crippen LogP contribution in [0.4, 0.5) is 19.0 Å². The molecular formula is C23H28F3N5O. The van der Waals surface area contributed by atoms with Crippen LogP contribution in [0.2, 0.25) is 0 Å². The van der Waals surface area contributed by atoms with Crippen molar-refractivity contribution in [2.24, 2.45) is 17.8 Å². The summed E-state index contributed by atoms with van der Waals surface area (Å²) >= 11 is 0. The van der Waals surface area contributed by atoms with Crippen LogP contribution >= 0.6 is 0 Å². The molecule has 0 aromatic carbocycles. The molecule has 172 valence electrons. The Morgan fingerprint density at radius 3 is 2.78 bits per heavy atom. The third-order valence-corrected chi connectivity index (χ3v) is 8.49. The number of anilines is 1. The second-order valence-corrected chi connectivity index (χ2v) is 10.2. The van der Waals surface area contributed by atoms with Crippen molar-refractivity contribution < 1.29 is 17.9 Å². The lowest BCUT2D eigenvalue weighted by atomic mass is 9.93. The summed E-state index contributed by atoms with van der Waals surface area (Å²) in [6.07, 6.45) is -1.21. The van der Waals surface area contributed by atoms with Gasteiger partial charge in [-0.3, -0.25) is 4.68 Å². The molecule has 5 aliphatic rings. The number of pyridine rings is 1. The van der Waals surface area contributed by atoms with Crippen molar-refractivity contribution in [3.8, 4) is 11.3 Å². The lowest BCUT2D eigenvalue weighted by Crippen LogP contribution is -2.50. The zero-order valence-corrected chi connectivity index (χ0v) is 18.5. The molecule has 0 radical (unpaired) electrons. The first-order chi connectivity index (χ1) is 15.1. The molecule has 6 atom stereocenters. The van der Waals surface area contributed by atoms with Crippen molar-refractivity contribution in [1.82, 2.24) is 19.7 Å². The van der Waals surface area contributed by atoms with Gasteiger partial charge in [0.05, 0.1) is 23.5 Å². The number of likely N-dealkylation sites (N-methyl/N-ethyl adjacent to an activating group) is 1. The maximum atomic E-state index is 13.4. The van der Waals surface area contributed by atoms with Crippen LogP contribution in [0.1, 0.15) is 44.0 Å².